The molecule has 0 aliphatic heterocycles. The number of benzene rings is 1. The second-order valence-electron chi connectivity index (χ2n) is 5.60. The van der Waals surface area contributed by atoms with Gasteiger partial charge in [0, 0.05) is 17.8 Å². The summed E-state index contributed by atoms with van der Waals surface area (Å²) in [7, 11) is 0. The molecule has 0 atom stereocenters. The van der Waals surface area contributed by atoms with Crippen molar-refractivity contribution in [2.75, 3.05) is 0 Å². The molecule has 3 rings (SSSR count). The van der Waals surface area contributed by atoms with E-state index in [1.807, 2.05) is 38.1 Å². The first-order valence-electron chi connectivity index (χ1n) is 7.67. The van der Waals surface area contributed by atoms with Gasteiger partial charge in [0.25, 0.3) is 5.91 Å². The van der Waals surface area contributed by atoms with Gasteiger partial charge in [-0.1, -0.05) is 29.8 Å². The van der Waals surface area contributed by atoms with Crippen LogP contribution in [-0.2, 0) is 0 Å². The molecule has 0 saturated carbocycles. The Labute approximate surface area is 145 Å². The zero-order valence-corrected chi connectivity index (χ0v) is 14.2. The highest BCUT2D eigenvalue weighted by Gasteiger charge is 2.15. The van der Waals surface area contributed by atoms with Gasteiger partial charge in [0.05, 0.1) is 5.02 Å². The first-order valence-corrected chi connectivity index (χ1v) is 8.05. The zero-order valence-electron chi connectivity index (χ0n) is 13.4. The van der Waals surface area contributed by atoms with E-state index in [0.29, 0.717) is 16.3 Å². The minimum atomic E-state index is -0.270. The number of carbonyl (C=O) groups is 1. The molecule has 3 aromatic rings. The third kappa shape index (κ3) is 3.34. The quantitative estimate of drug-likeness (QED) is 0.709. The Bertz CT molecular complexity index is 938. The fourth-order valence-corrected chi connectivity index (χ4v) is 2.58. The molecule has 2 aromatic heterocycles. The summed E-state index contributed by atoms with van der Waals surface area (Å²) in [5.41, 5.74) is 1.34. The van der Waals surface area contributed by atoms with Crippen molar-refractivity contribution in [1.82, 2.24) is 4.57 Å². The van der Waals surface area contributed by atoms with Gasteiger partial charge in [-0.15, -0.1) is 0 Å². The van der Waals surface area contributed by atoms with Crippen molar-refractivity contribution < 1.29 is 9.21 Å². The molecular formula is C19H17ClN2O2. The summed E-state index contributed by atoms with van der Waals surface area (Å²) in [5, 5.41) is 0.578. The molecule has 0 radical (unpaired) electrons. The Hall–Kier alpha value is -2.59. The van der Waals surface area contributed by atoms with Gasteiger partial charge in [-0.05, 0) is 50.2 Å². The molecule has 0 fully saturated rings. The fraction of sp³-hybridized carbons (Fsp3) is 0.158. The van der Waals surface area contributed by atoms with Crippen LogP contribution in [0.3, 0.4) is 0 Å². The predicted molar refractivity (Wildman–Crippen MR) is 94.0 cm³/mol. The van der Waals surface area contributed by atoms with Crippen molar-refractivity contribution in [3.63, 3.8) is 0 Å². The molecule has 0 aliphatic carbocycles. The summed E-state index contributed by atoms with van der Waals surface area (Å²) in [4.78, 5) is 17.2. The lowest BCUT2D eigenvalue weighted by Crippen LogP contribution is -2.27. The molecule has 122 valence electrons. The normalized spacial score (nSPS) is 11.9. The Kier molecular flexibility index (Phi) is 4.67. The smallest absolute Gasteiger partial charge is 0.299 e. The Morgan fingerprint density at radius 3 is 2.58 bits per heavy atom. The lowest BCUT2D eigenvalue weighted by molar-refractivity contribution is 0.0928. The van der Waals surface area contributed by atoms with Gasteiger partial charge >= 0.3 is 0 Å². The second-order valence-corrected chi connectivity index (χ2v) is 6.01. The molecule has 24 heavy (non-hydrogen) atoms. The average molecular weight is 341 g/mol. The molecule has 4 nitrogen and oxygen atoms in total. The minimum absolute atomic E-state index is 0.0849. The number of hydrogen-bond donors (Lipinski definition) is 0. The highest BCUT2D eigenvalue weighted by Crippen LogP contribution is 2.29. The van der Waals surface area contributed by atoms with Crippen LogP contribution in [0.5, 0.6) is 0 Å². The van der Waals surface area contributed by atoms with E-state index in [0.717, 1.165) is 5.56 Å². The second kappa shape index (κ2) is 6.89. The molecule has 0 amide bonds. The van der Waals surface area contributed by atoms with Crippen LogP contribution in [0.2, 0.25) is 5.02 Å². The maximum Gasteiger partial charge on any atom is 0.299 e. The molecule has 0 bridgehead atoms. The maximum atomic E-state index is 12.8. The van der Waals surface area contributed by atoms with Crippen molar-refractivity contribution in [2.45, 2.75) is 19.9 Å². The van der Waals surface area contributed by atoms with Gasteiger partial charge < -0.3 is 4.42 Å². The van der Waals surface area contributed by atoms with Crippen LogP contribution in [0.4, 0.5) is 0 Å². The Morgan fingerprint density at radius 2 is 1.83 bits per heavy atom. The lowest BCUT2D eigenvalue weighted by atomic mass is 10.2. The number of furan rings is 1. The van der Waals surface area contributed by atoms with Crippen LogP contribution < -0.4 is 5.49 Å². The summed E-state index contributed by atoms with van der Waals surface area (Å²) in [6.45, 7) is 3.93. The summed E-state index contributed by atoms with van der Waals surface area (Å²) in [6.07, 6.45) is 1.68. The van der Waals surface area contributed by atoms with Crippen molar-refractivity contribution >= 4 is 17.5 Å². The molecule has 0 spiro atoms. The summed E-state index contributed by atoms with van der Waals surface area (Å²) < 4.78 is 7.21. The minimum Gasteiger partial charge on any atom is -0.451 e. The molecule has 0 saturated heterocycles. The Balaban J connectivity index is 2.00. The lowest BCUT2D eigenvalue weighted by Gasteiger charge is -2.05. The monoisotopic (exact) mass is 340 g/mol. The van der Waals surface area contributed by atoms with Gasteiger partial charge in [0.2, 0.25) is 0 Å². The number of aromatic nitrogens is 1. The zero-order chi connectivity index (χ0) is 17.1. The van der Waals surface area contributed by atoms with Gasteiger partial charge in [0.15, 0.2) is 5.76 Å². The van der Waals surface area contributed by atoms with E-state index in [1.54, 1.807) is 36.5 Å². The van der Waals surface area contributed by atoms with E-state index in [1.165, 1.54) is 4.57 Å². The van der Waals surface area contributed by atoms with Crippen LogP contribution in [0.1, 0.15) is 24.4 Å². The van der Waals surface area contributed by atoms with Crippen LogP contribution in [0, 0.1) is 0 Å². The largest absolute Gasteiger partial charge is 0.451 e. The number of carbonyl (C=O) groups excluding carboxylic acids is 1. The highest BCUT2D eigenvalue weighted by molar-refractivity contribution is 6.33. The molecule has 0 aliphatic rings. The van der Waals surface area contributed by atoms with Crippen molar-refractivity contribution in [1.29, 1.82) is 0 Å². The predicted octanol–water partition coefficient (Wildman–Crippen LogP) is 4.40. The van der Waals surface area contributed by atoms with E-state index >= 15 is 0 Å². The molecule has 1 aromatic carbocycles. The summed E-state index contributed by atoms with van der Waals surface area (Å²) >= 11 is 6.18. The van der Waals surface area contributed by atoms with Gasteiger partial charge in [-0.3, -0.25) is 14.4 Å². The highest BCUT2D eigenvalue weighted by atomic mass is 35.5. The molecule has 0 N–H and O–H groups in total. The molecule has 2 heterocycles. The number of hydrogen-bond acceptors (Lipinski definition) is 3. The maximum absolute atomic E-state index is 12.8. The van der Waals surface area contributed by atoms with E-state index in [2.05, 4.69) is 4.99 Å². The first kappa shape index (κ1) is 16.3. The number of pyridine rings is 1. The Morgan fingerprint density at radius 1 is 1.08 bits per heavy atom. The number of rotatable bonds is 3. The van der Waals surface area contributed by atoms with Gasteiger partial charge in [-0.2, -0.15) is 0 Å². The number of nitrogens with zero attached hydrogens (tertiary/aromatic N) is 2. The van der Waals surface area contributed by atoms with Crippen LogP contribution in [-0.4, -0.2) is 16.5 Å². The third-order valence-corrected chi connectivity index (χ3v) is 3.73. The van der Waals surface area contributed by atoms with Crippen molar-refractivity contribution in [2.24, 2.45) is 4.99 Å². The molecular weight excluding hydrogens is 324 g/mol. The van der Waals surface area contributed by atoms with Gasteiger partial charge in [0.1, 0.15) is 11.2 Å². The van der Waals surface area contributed by atoms with Crippen LogP contribution >= 0.6 is 11.6 Å². The van der Waals surface area contributed by atoms with E-state index in [9.17, 15) is 4.79 Å². The van der Waals surface area contributed by atoms with E-state index in [4.69, 9.17) is 16.0 Å². The van der Waals surface area contributed by atoms with Crippen LogP contribution in [0.15, 0.2) is 70.2 Å². The summed E-state index contributed by atoms with van der Waals surface area (Å²) in [5.74, 6) is 0.525. The van der Waals surface area contributed by atoms with Crippen LogP contribution in [0.25, 0.3) is 11.3 Å². The van der Waals surface area contributed by atoms with Crippen molar-refractivity contribution in [3.05, 3.63) is 77.1 Å². The third-order valence-electron chi connectivity index (χ3n) is 3.40. The fourth-order valence-electron chi connectivity index (χ4n) is 2.35. The molecule has 0 unspecified atom stereocenters. The topological polar surface area (TPSA) is 47.5 Å². The number of halogens is 1. The van der Waals surface area contributed by atoms with Crippen molar-refractivity contribution in [3.8, 4) is 11.3 Å². The van der Waals surface area contributed by atoms with E-state index < -0.39 is 0 Å². The average Bonchev–Trinajstić information content (AvgIpc) is 3.04. The standard InChI is InChI=1S/C19H17ClN2O2/c1-13(2)21-18-9-5-6-12-22(18)19(23)17-11-10-16(24-17)14-7-3-4-8-15(14)20/h3-13H,1-2H3. The van der Waals surface area contributed by atoms with Gasteiger partial charge in [-0.25, -0.2) is 0 Å². The first-order chi connectivity index (χ1) is 11.6. The SMILES string of the molecule is CC(C)N=c1ccccn1C(=O)c1ccc(-c2ccccc2Cl)o1. The molecule has 5 heteroatoms. The summed E-state index contributed by atoms with van der Waals surface area (Å²) in [6, 6.07) is 16.3. The van der Waals surface area contributed by atoms with E-state index in [-0.39, 0.29) is 17.7 Å².